The number of nitrogens with one attached hydrogen (secondary N) is 1. The number of sulfonamides is 1. The van der Waals surface area contributed by atoms with Crippen LogP contribution in [0.5, 0.6) is 0 Å². The van der Waals surface area contributed by atoms with Crippen LogP contribution in [0.4, 0.5) is 5.69 Å². The van der Waals surface area contributed by atoms with Crippen LogP contribution in [0.1, 0.15) is 50.3 Å². The van der Waals surface area contributed by atoms with Crippen molar-refractivity contribution >= 4 is 39.1 Å². The Labute approximate surface area is 243 Å². The molecule has 0 spiro atoms. The summed E-state index contributed by atoms with van der Waals surface area (Å²) < 4.78 is 27.3. The average Bonchev–Trinajstić information content (AvgIpc) is 2.89. The molecular weight excluding hydrogens is 546 g/mol. The third kappa shape index (κ3) is 8.32. The topological polar surface area (TPSA) is 86.8 Å². The minimum absolute atomic E-state index is 0.0254. The zero-order valence-electron chi connectivity index (χ0n) is 23.7. The van der Waals surface area contributed by atoms with Crippen LogP contribution in [0.2, 0.25) is 5.02 Å². The molecule has 7 nitrogen and oxygen atoms in total. The summed E-state index contributed by atoms with van der Waals surface area (Å²) in [7, 11) is -3.85. The predicted octanol–water partition coefficient (Wildman–Crippen LogP) is 5.39. The van der Waals surface area contributed by atoms with Gasteiger partial charge in [-0.3, -0.25) is 13.9 Å². The molecule has 1 N–H and O–H groups in total. The van der Waals surface area contributed by atoms with Crippen LogP contribution in [0.15, 0.2) is 78.9 Å². The molecule has 1 atom stereocenters. The molecule has 0 bridgehead atoms. The Bertz CT molecular complexity index is 1410. The second-order valence-electron chi connectivity index (χ2n) is 10.5. The molecule has 0 saturated carbocycles. The highest BCUT2D eigenvalue weighted by Gasteiger charge is 2.34. The van der Waals surface area contributed by atoms with Crippen LogP contribution in [0.25, 0.3) is 0 Å². The number of rotatable bonds is 12. The van der Waals surface area contributed by atoms with Gasteiger partial charge >= 0.3 is 0 Å². The molecule has 40 heavy (non-hydrogen) atoms. The Kier molecular flexibility index (Phi) is 10.8. The molecule has 2 amide bonds. The minimum Gasteiger partial charge on any atom is -0.352 e. The Morgan fingerprint density at radius 1 is 0.875 bits per heavy atom. The lowest BCUT2D eigenvalue weighted by atomic mass is 10.0. The first-order valence-electron chi connectivity index (χ1n) is 13.3. The summed E-state index contributed by atoms with van der Waals surface area (Å²) in [6.45, 7) is 7.21. The molecular formula is C31H38ClN3O4S. The van der Waals surface area contributed by atoms with Gasteiger partial charge in [0.2, 0.25) is 21.8 Å². The Balaban J connectivity index is 2.10. The number of amides is 2. The van der Waals surface area contributed by atoms with Gasteiger partial charge in [-0.1, -0.05) is 92.2 Å². The normalized spacial score (nSPS) is 12.3. The van der Waals surface area contributed by atoms with E-state index in [0.717, 1.165) is 21.7 Å². The molecule has 0 aliphatic carbocycles. The number of anilines is 1. The Hall–Kier alpha value is -3.36. The van der Waals surface area contributed by atoms with Gasteiger partial charge in [0.25, 0.3) is 0 Å². The SMILES string of the molecule is CC(C)NC(=O)[C@@H](Cc1ccccc1)N(Cc1ccccc1Cl)C(=O)CN(c1ccccc1C(C)C)S(C)(=O)=O. The maximum absolute atomic E-state index is 14.2. The number of hydrogen-bond acceptors (Lipinski definition) is 4. The highest BCUT2D eigenvalue weighted by molar-refractivity contribution is 7.92. The van der Waals surface area contributed by atoms with Gasteiger partial charge in [-0.25, -0.2) is 8.42 Å². The van der Waals surface area contributed by atoms with Crippen LogP contribution in [-0.4, -0.2) is 50.0 Å². The fourth-order valence-corrected chi connectivity index (χ4v) is 5.61. The fourth-order valence-electron chi connectivity index (χ4n) is 4.54. The van der Waals surface area contributed by atoms with Crippen molar-refractivity contribution in [2.75, 3.05) is 17.1 Å². The van der Waals surface area contributed by atoms with Gasteiger partial charge in [0, 0.05) is 24.0 Å². The fraction of sp³-hybridized carbons (Fsp3) is 0.355. The van der Waals surface area contributed by atoms with E-state index in [9.17, 15) is 18.0 Å². The van der Waals surface area contributed by atoms with Gasteiger partial charge in [-0.05, 0) is 48.6 Å². The van der Waals surface area contributed by atoms with E-state index in [1.54, 1.807) is 30.3 Å². The lowest BCUT2D eigenvalue weighted by Gasteiger charge is -2.34. The lowest BCUT2D eigenvalue weighted by molar-refractivity contribution is -0.140. The quantitative estimate of drug-likeness (QED) is 0.309. The molecule has 0 aliphatic heterocycles. The van der Waals surface area contributed by atoms with Gasteiger partial charge in [-0.2, -0.15) is 0 Å². The number of hydrogen-bond donors (Lipinski definition) is 1. The van der Waals surface area contributed by atoms with Crippen molar-refractivity contribution < 1.29 is 18.0 Å². The van der Waals surface area contributed by atoms with E-state index < -0.39 is 28.5 Å². The summed E-state index contributed by atoms with van der Waals surface area (Å²) in [6, 6.07) is 22.6. The number of nitrogens with zero attached hydrogens (tertiary/aromatic N) is 2. The molecule has 0 unspecified atom stereocenters. The second kappa shape index (κ2) is 13.8. The molecule has 0 aliphatic rings. The number of benzene rings is 3. The van der Waals surface area contributed by atoms with Crippen LogP contribution >= 0.6 is 11.6 Å². The van der Waals surface area contributed by atoms with Crippen molar-refractivity contribution in [1.82, 2.24) is 10.2 Å². The van der Waals surface area contributed by atoms with E-state index in [2.05, 4.69) is 5.32 Å². The summed E-state index contributed by atoms with van der Waals surface area (Å²) in [5.41, 5.74) is 2.77. The van der Waals surface area contributed by atoms with E-state index >= 15 is 0 Å². The first-order chi connectivity index (χ1) is 18.9. The number of para-hydroxylation sites is 1. The van der Waals surface area contributed by atoms with Gasteiger partial charge < -0.3 is 10.2 Å². The Morgan fingerprint density at radius 2 is 1.48 bits per heavy atom. The lowest BCUT2D eigenvalue weighted by Crippen LogP contribution is -2.54. The van der Waals surface area contributed by atoms with Crippen LogP contribution < -0.4 is 9.62 Å². The summed E-state index contributed by atoms with van der Waals surface area (Å²) >= 11 is 6.49. The first kappa shape index (κ1) is 31.2. The van der Waals surface area contributed by atoms with Gasteiger partial charge in [0.15, 0.2) is 0 Å². The minimum atomic E-state index is -3.85. The van der Waals surface area contributed by atoms with E-state index in [4.69, 9.17) is 11.6 Å². The third-order valence-electron chi connectivity index (χ3n) is 6.51. The molecule has 0 saturated heterocycles. The number of carbonyl (C=O) groups is 2. The predicted molar refractivity (Wildman–Crippen MR) is 162 cm³/mol. The summed E-state index contributed by atoms with van der Waals surface area (Å²) in [6.07, 6.45) is 1.33. The molecule has 3 rings (SSSR count). The van der Waals surface area contributed by atoms with Crippen LogP contribution in [-0.2, 0) is 32.6 Å². The Morgan fingerprint density at radius 3 is 2.08 bits per heavy atom. The third-order valence-corrected chi connectivity index (χ3v) is 8.00. The van der Waals surface area contributed by atoms with Crippen molar-refractivity contribution in [3.8, 4) is 0 Å². The summed E-state index contributed by atoms with van der Waals surface area (Å²) in [5.74, 6) is -0.811. The average molecular weight is 584 g/mol. The van der Waals surface area contributed by atoms with Crippen molar-refractivity contribution in [1.29, 1.82) is 0 Å². The van der Waals surface area contributed by atoms with Crippen molar-refractivity contribution in [2.24, 2.45) is 0 Å². The molecule has 9 heteroatoms. The van der Waals surface area contributed by atoms with Crippen molar-refractivity contribution in [3.63, 3.8) is 0 Å². The smallest absolute Gasteiger partial charge is 0.244 e. The van der Waals surface area contributed by atoms with E-state index in [1.165, 1.54) is 4.90 Å². The van der Waals surface area contributed by atoms with E-state index in [0.29, 0.717) is 16.3 Å². The van der Waals surface area contributed by atoms with Crippen LogP contribution in [0.3, 0.4) is 0 Å². The molecule has 0 fully saturated rings. The molecule has 0 heterocycles. The molecule has 3 aromatic rings. The largest absolute Gasteiger partial charge is 0.352 e. The monoisotopic (exact) mass is 583 g/mol. The van der Waals surface area contributed by atoms with Crippen molar-refractivity contribution in [2.45, 2.75) is 58.7 Å². The standard InChI is InChI=1S/C31H38ClN3O4S/c1-22(2)26-16-10-12-18-28(26)35(40(5,38)39)21-30(36)34(20-25-15-9-11-17-27(25)32)29(31(37)33-23(3)4)19-24-13-7-6-8-14-24/h6-18,22-23,29H,19-21H2,1-5H3,(H,33,37)/t29-/m1/s1. The molecule has 0 radical (unpaired) electrons. The first-order valence-corrected chi connectivity index (χ1v) is 15.5. The number of carbonyl (C=O) groups excluding carboxylic acids is 2. The zero-order valence-corrected chi connectivity index (χ0v) is 25.2. The maximum atomic E-state index is 14.2. The van der Waals surface area contributed by atoms with Crippen LogP contribution in [0, 0.1) is 0 Å². The zero-order chi connectivity index (χ0) is 29.4. The maximum Gasteiger partial charge on any atom is 0.244 e. The summed E-state index contributed by atoms with van der Waals surface area (Å²) in [5, 5.41) is 3.39. The van der Waals surface area contributed by atoms with Gasteiger partial charge in [0.05, 0.1) is 11.9 Å². The van der Waals surface area contributed by atoms with E-state index in [-0.39, 0.29) is 30.8 Å². The number of halogens is 1. The molecule has 0 aromatic heterocycles. The van der Waals surface area contributed by atoms with E-state index in [1.807, 2.05) is 76.2 Å². The molecule has 214 valence electrons. The second-order valence-corrected chi connectivity index (χ2v) is 12.8. The van der Waals surface area contributed by atoms with Gasteiger partial charge in [0.1, 0.15) is 12.6 Å². The summed E-state index contributed by atoms with van der Waals surface area (Å²) in [4.78, 5) is 29.2. The highest BCUT2D eigenvalue weighted by atomic mass is 35.5. The van der Waals surface area contributed by atoms with Gasteiger partial charge in [-0.15, -0.1) is 0 Å². The highest BCUT2D eigenvalue weighted by Crippen LogP contribution is 2.29. The molecule has 3 aromatic carbocycles. The van der Waals surface area contributed by atoms with Crippen molar-refractivity contribution in [3.05, 3.63) is 101 Å².